The van der Waals surface area contributed by atoms with Crippen LogP contribution < -0.4 is 0 Å². The Labute approximate surface area is 451 Å². The topological polar surface area (TPSA) is 204 Å². The summed E-state index contributed by atoms with van der Waals surface area (Å²) < 4.78 is 56.4. The molecule has 0 fully saturated rings. The molecule has 0 saturated carbocycles. The van der Waals surface area contributed by atoms with Crippen molar-refractivity contribution >= 4 is 35.8 Å². The fraction of sp³-hybridized carbons (Fsp3) is 0.458. The molecule has 17 heteroatoms. The van der Waals surface area contributed by atoms with Crippen molar-refractivity contribution in [3.8, 4) is 0 Å². The molecule has 0 aliphatic rings. The van der Waals surface area contributed by atoms with Gasteiger partial charge in [-0.1, -0.05) is 117 Å². The van der Waals surface area contributed by atoms with Crippen LogP contribution in [-0.2, 0) is 52.1 Å². The number of ether oxygens (including phenoxy) is 11. The van der Waals surface area contributed by atoms with Crippen LogP contribution in [0.2, 0.25) is 0 Å². The molecule has 2 atom stereocenters. The largest absolute Gasteiger partial charge is 0.458 e. The third-order valence-corrected chi connectivity index (χ3v) is 9.36. The van der Waals surface area contributed by atoms with Crippen LogP contribution in [-0.4, -0.2) is 142 Å². The Kier molecular flexibility index (Phi) is 45.0. The maximum atomic E-state index is 12.1. The Balaban J connectivity index is 0. The van der Waals surface area contributed by atoms with Crippen molar-refractivity contribution in [2.45, 2.75) is 53.9 Å². The molecule has 0 aliphatic carbocycles. The first-order chi connectivity index (χ1) is 36.6. The van der Waals surface area contributed by atoms with Crippen molar-refractivity contribution in [1.29, 1.82) is 0 Å². The molecular weight excluding hydrogens is 981 g/mol. The smallest absolute Gasteiger partial charge is 0.339 e. The van der Waals surface area contributed by atoms with Gasteiger partial charge in [0, 0.05) is 32.2 Å². The highest BCUT2D eigenvalue weighted by atomic mass is 16.6. The molecule has 0 radical (unpaired) electrons. The van der Waals surface area contributed by atoms with E-state index in [-0.39, 0.29) is 73.0 Å². The van der Waals surface area contributed by atoms with Gasteiger partial charge in [0.1, 0.15) is 39.6 Å². The number of hydrogen-bond acceptors (Lipinski definition) is 17. The molecule has 17 nitrogen and oxygen atoms in total. The lowest BCUT2D eigenvalue weighted by Gasteiger charge is -2.19. The lowest BCUT2D eigenvalue weighted by Crippen LogP contribution is -2.21. The summed E-state index contributed by atoms with van der Waals surface area (Å²) in [7, 11) is 1.68. The van der Waals surface area contributed by atoms with Crippen LogP contribution in [0.25, 0.3) is 0 Å². The first-order valence-corrected chi connectivity index (χ1v) is 25.0. The quantitative estimate of drug-likeness (QED) is 0.0267. The summed E-state index contributed by atoms with van der Waals surface area (Å²) in [4.78, 5) is 72.0. The predicted molar refractivity (Wildman–Crippen MR) is 294 cm³/mol. The van der Waals surface area contributed by atoms with Crippen molar-refractivity contribution in [2.24, 2.45) is 17.8 Å². The van der Waals surface area contributed by atoms with E-state index in [4.69, 9.17) is 52.1 Å². The van der Waals surface area contributed by atoms with Gasteiger partial charge in [0.25, 0.3) is 0 Å². The summed E-state index contributed by atoms with van der Waals surface area (Å²) >= 11 is 0. The van der Waals surface area contributed by atoms with E-state index in [1.165, 1.54) is 72.9 Å². The molecule has 2 unspecified atom stereocenters. The van der Waals surface area contributed by atoms with E-state index < -0.39 is 35.8 Å². The monoisotopic (exact) mass is 1060 g/mol. The Hall–Kier alpha value is -6.76. The number of esters is 6. The SMILES string of the molecule is C=CCOC(=O)c1cc(C(=O)OCC=C)cc(C(=O)OCC=C)c1.C=CCOC(=O)c1ccc(C(=O)OCC=C)c(C(=O)OCC=C)c1.C=CCOCC(CC)COCC(CC)COCCC.COCCOCC(C)C. The number of methoxy groups -OCH3 is 1. The average Bonchev–Trinajstić information content (AvgIpc) is 3.43. The maximum absolute atomic E-state index is 12.1. The fourth-order valence-electron chi connectivity index (χ4n) is 5.44. The minimum atomic E-state index is -0.779. The maximum Gasteiger partial charge on any atom is 0.339 e. The molecule has 0 heterocycles. The molecular formula is C59H84O17. The van der Waals surface area contributed by atoms with E-state index in [1.807, 2.05) is 0 Å². The zero-order valence-corrected chi connectivity index (χ0v) is 45.9. The zero-order chi connectivity index (χ0) is 57.4. The minimum absolute atomic E-state index is 0.000214. The molecule has 2 aromatic rings. The van der Waals surface area contributed by atoms with Gasteiger partial charge in [-0.05, 0) is 61.6 Å². The third-order valence-electron chi connectivity index (χ3n) is 9.36. The minimum Gasteiger partial charge on any atom is -0.458 e. The van der Waals surface area contributed by atoms with E-state index in [1.54, 1.807) is 13.2 Å². The first kappa shape index (κ1) is 71.3. The molecule has 0 amide bonds. The zero-order valence-electron chi connectivity index (χ0n) is 45.9. The van der Waals surface area contributed by atoms with Crippen LogP contribution in [0.3, 0.4) is 0 Å². The van der Waals surface area contributed by atoms with E-state index in [2.05, 4.69) is 80.7 Å². The molecule has 76 heavy (non-hydrogen) atoms. The van der Waals surface area contributed by atoms with E-state index in [0.29, 0.717) is 37.6 Å². The number of carbonyl (C=O) groups is 6. The Morgan fingerprint density at radius 3 is 1.13 bits per heavy atom. The Morgan fingerprint density at radius 2 is 0.763 bits per heavy atom. The van der Waals surface area contributed by atoms with Crippen molar-refractivity contribution in [3.05, 3.63) is 158 Å². The number of benzene rings is 2. The second-order valence-corrected chi connectivity index (χ2v) is 16.3. The third kappa shape index (κ3) is 34.7. The standard InChI is InChI=1S/2C18H18O6.C16H32O3.C7H16O2/c1-4-9-22-16(19)13-7-8-14(17(20)23-10-5-2)15(12-13)18(21)24-11-6-3;1-4-7-22-16(19)13-10-14(17(20)23-8-5-2)12-15(11-13)18(21)24-9-6-3;1-5-9-17-11-15(7-3)13-19-14-16(8-4)12-18-10-6-2;1-7(2)6-9-5-4-8-3/h4-8,12H,1-3,9-11H2;4-6,10-12H,1-3,7-9H2;5,15-16H,1,6-14H2,2-4H3;7H,4-6H2,1-3H3. The van der Waals surface area contributed by atoms with Crippen molar-refractivity contribution in [1.82, 2.24) is 0 Å². The van der Waals surface area contributed by atoms with E-state index in [9.17, 15) is 28.8 Å². The summed E-state index contributed by atoms with van der Waals surface area (Å²) in [5, 5.41) is 0. The lowest BCUT2D eigenvalue weighted by atomic mass is 10.0. The van der Waals surface area contributed by atoms with Crippen LogP contribution in [0.5, 0.6) is 0 Å². The van der Waals surface area contributed by atoms with Gasteiger partial charge in [-0.2, -0.15) is 0 Å². The Morgan fingerprint density at radius 1 is 0.408 bits per heavy atom. The van der Waals surface area contributed by atoms with Gasteiger partial charge in [-0.3, -0.25) is 0 Å². The second-order valence-electron chi connectivity index (χ2n) is 16.3. The Bertz CT molecular complexity index is 1950. The predicted octanol–water partition coefficient (Wildman–Crippen LogP) is 10.4. The van der Waals surface area contributed by atoms with Gasteiger partial charge < -0.3 is 52.1 Å². The summed E-state index contributed by atoms with van der Waals surface area (Å²) in [5.74, 6) is -2.65. The normalized spacial score (nSPS) is 10.8. The molecule has 0 spiro atoms. The van der Waals surface area contributed by atoms with Crippen molar-refractivity contribution < 1.29 is 80.9 Å². The van der Waals surface area contributed by atoms with Crippen molar-refractivity contribution in [2.75, 3.05) is 106 Å². The van der Waals surface area contributed by atoms with Gasteiger partial charge in [0.05, 0.1) is 79.6 Å². The van der Waals surface area contributed by atoms with Crippen LogP contribution in [0, 0.1) is 17.8 Å². The van der Waals surface area contributed by atoms with E-state index in [0.717, 1.165) is 58.9 Å². The van der Waals surface area contributed by atoms with Crippen molar-refractivity contribution in [3.63, 3.8) is 0 Å². The molecule has 0 aliphatic heterocycles. The average molecular weight is 1070 g/mol. The second kappa shape index (κ2) is 47.9. The van der Waals surface area contributed by atoms with Gasteiger partial charge in [-0.25, -0.2) is 28.8 Å². The molecule has 0 aromatic heterocycles. The highest BCUT2D eigenvalue weighted by molar-refractivity contribution is 6.05. The first-order valence-electron chi connectivity index (χ1n) is 25.0. The molecule has 2 aromatic carbocycles. The van der Waals surface area contributed by atoms with Crippen LogP contribution in [0.1, 0.15) is 116 Å². The lowest BCUT2D eigenvalue weighted by molar-refractivity contribution is 0.00809. The summed E-state index contributed by atoms with van der Waals surface area (Å²) in [6, 6.07) is 7.73. The van der Waals surface area contributed by atoms with Gasteiger partial charge >= 0.3 is 35.8 Å². The number of carbonyl (C=O) groups excluding carboxylic acids is 6. The van der Waals surface area contributed by atoms with Crippen LogP contribution in [0.15, 0.2) is 125 Å². The summed E-state index contributed by atoms with van der Waals surface area (Å²) in [5.41, 5.74) is 0.0502. The molecule has 0 bridgehead atoms. The van der Waals surface area contributed by atoms with Crippen LogP contribution in [0.4, 0.5) is 0 Å². The molecule has 0 N–H and O–H groups in total. The molecule has 422 valence electrons. The highest BCUT2D eigenvalue weighted by Gasteiger charge is 2.23. The molecule has 2 rings (SSSR count). The van der Waals surface area contributed by atoms with Gasteiger partial charge in [-0.15, -0.1) is 6.58 Å². The van der Waals surface area contributed by atoms with Crippen LogP contribution >= 0.6 is 0 Å². The summed E-state index contributed by atoms with van der Waals surface area (Å²) in [6.07, 6.45) is 13.5. The van der Waals surface area contributed by atoms with Gasteiger partial charge in [0.2, 0.25) is 0 Å². The fourth-order valence-corrected chi connectivity index (χ4v) is 5.44. The highest BCUT2D eigenvalue weighted by Crippen LogP contribution is 2.18. The molecule has 0 saturated heterocycles. The summed E-state index contributed by atoms with van der Waals surface area (Å²) in [6.45, 7) is 41.9. The van der Waals surface area contributed by atoms with E-state index >= 15 is 0 Å². The number of hydrogen-bond donors (Lipinski definition) is 0. The van der Waals surface area contributed by atoms with Gasteiger partial charge in [0.15, 0.2) is 0 Å². The number of rotatable bonds is 37.